The zero-order valence-electron chi connectivity index (χ0n) is 13.9. The molecule has 0 saturated heterocycles. The number of aromatic amines is 1. The summed E-state index contributed by atoms with van der Waals surface area (Å²) in [5.74, 6) is -1.78. The van der Waals surface area contributed by atoms with Crippen LogP contribution >= 0.6 is 0 Å². The highest BCUT2D eigenvalue weighted by Gasteiger charge is 2.20. The Bertz CT molecular complexity index is 930. The van der Waals surface area contributed by atoms with Crippen LogP contribution in [-0.2, 0) is 20.9 Å². The van der Waals surface area contributed by atoms with E-state index < -0.39 is 29.2 Å². The van der Waals surface area contributed by atoms with Crippen molar-refractivity contribution in [2.45, 2.75) is 19.0 Å². The minimum atomic E-state index is -1.23. The largest absolute Gasteiger partial charge is 0.480 e. The molecule has 0 bridgehead atoms. The van der Waals surface area contributed by atoms with Gasteiger partial charge < -0.3 is 15.2 Å². The Labute approximate surface area is 147 Å². The highest BCUT2D eigenvalue weighted by atomic mass is 16.5. The van der Waals surface area contributed by atoms with Crippen LogP contribution in [0.25, 0.3) is 10.9 Å². The number of amides is 1. The molecule has 138 valence electrons. The third kappa shape index (κ3) is 4.67. The first-order valence-corrected chi connectivity index (χ1v) is 7.86. The predicted molar refractivity (Wildman–Crippen MR) is 94.0 cm³/mol. The van der Waals surface area contributed by atoms with Gasteiger partial charge in [0.25, 0.3) is 5.56 Å². The van der Waals surface area contributed by atoms with Gasteiger partial charge in [-0.15, -0.1) is 6.58 Å². The lowest BCUT2D eigenvalue weighted by Gasteiger charge is -2.15. The van der Waals surface area contributed by atoms with Crippen LogP contribution in [0.3, 0.4) is 0 Å². The number of carboxylic acids is 1. The standard InChI is InChI=1S/C17H19N3O6/c1-2-9-26-10-12(16(23)24)18-14(21)7-8-20-13-6-4-3-5-11(13)15(22)19-17(20)25/h2-6,12H,1,7-10H2,(H,18,21)(H,23,24)(H,19,22,25). The van der Waals surface area contributed by atoms with Gasteiger partial charge in [-0.3, -0.25) is 19.1 Å². The highest BCUT2D eigenvalue weighted by molar-refractivity contribution is 5.83. The van der Waals surface area contributed by atoms with Crippen LogP contribution in [0.4, 0.5) is 0 Å². The summed E-state index contributed by atoms with van der Waals surface area (Å²) < 4.78 is 6.32. The van der Waals surface area contributed by atoms with Gasteiger partial charge in [-0.05, 0) is 12.1 Å². The molecule has 1 aromatic heterocycles. The maximum Gasteiger partial charge on any atom is 0.328 e. The summed E-state index contributed by atoms with van der Waals surface area (Å²) in [6.45, 7) is 3.40. The van der Waals surface area contributed by atoms with Crippen molar-refractivity contribution >= 4 is 22.8 Å². The van der Waals surface area contributed by atoms with Gasteiger partial charge in [-0.25, -0.2) is 9.59 Å². The zero-order chi connectivity index (χ0) is 19.1. The van der Waals surface area contributed by atoms with Crippen LogP contribution in [-0.4, -0.2) is 45.8 Å². The van der Waals surface area contributed by atoms with Crippen LogP contribution in [0.15, 0.2) is 46.5 Å². The fraction of sp³-hybridized carbons (Fsp3) is 0.294. The second kappa shape index (κ2) is 8.77. The van der Waals surface area contributed by atoms with Crippen LogP contribution < -0.4 is 16.6 Å². The minimum Gasteiger partial charge on any atom is -0.480 e. The first-order valence-electron chi connectivity index (χ1n) is 7.86. The molecule has 1 atom stereocenters. The molecule has 0 aliphatic rings. The lowest BCUT2D eigenvalue weighted by atomic mass is 10.2. The molecule has 9 nitrogen and oxygen atoms in total. The first kappa shape index (κ1) is 19.1. The molecule has 1 amide bonds. The van der Waals surface area contributed by atoms with Crippen LogP contribution in [0.1, 0.15) is 6.42 Å². The Morgan fingerprint density at radius 2 is 2.08 bits per heavy atom. The number of carbonyl (C=O) groups is 2. The number of aromatic nitrogens is 2. The fourth-order valence-corrected chi connectivity index (χ4v) is 2.39. The Morgan fingerprint density at radius 3 is 2.77 bits per heavy atom. The van der Waals surface area contributed by atoms with E-state index in [0.29, 0.717) is 10.9 Å². The molecule has 9 heteroatoms. The van der Waals surface area contributed by atoms with E-state index in [4.69, 9.17) is 9.84 Å². The number of nitrogens with zero attached hydrogens (tertiary/aromatic N) is 1. The van der Waals surface area contributed by atoms with E-state index >= 15 is 0 Å². The van der Waals surface area contributed by atoms with Crippen molar-refractivity contribution in [1.29, 1.82) is 0 Å². The molecule has 0 saturated carbocycles. The molecule has 3 N–H and O–H groups in total. The number of hydrogen-bond donors (Lipinski definition) is 3. The summed E-state index contributed by atoms with van der Waals surface area (Å²) in [7, 11) is 0. The van der Waals surface area contributed by atoms with Crippen LogP contribution in [0, 0.1) is 0 Å². The average Bonchev–Trinajstić information content (AvgIpc) is 2.60. The van der Waals surface area contributed by atoms with Crippen LogP contribution in [0.2, 0.25) is 0 Å². The van der Waals surface area contributed by atoms with Gasteiger partial charge in [0, 0.05) is 13.0 Å². The number of rotatable bonds is 9. The topological polar surface area (TPSA) is 130 Å². The van der Waals surface area contributed by atoms with Gasteiger partial charge in [-0.1, -0.05) is 18.2 Å². The van der Waals surface area contributed by atoms with Crippen molar-refractivity contribution < 1.29 is 19.4 Å². The third-order valence-electron chi connectivity index (χ3n) is 3.62. The summed E-state index contributed by atoms with van der Waals surface area (Å²) >= 11 is 0. The zero-order valence-corrected chi connectivity index (χ0v) is 13.9. The summed E-state index contributed by atoms with van der Waals surface area (Å²) in [6.07, 6.45) is 1.33. The summed E-state index contributed by atoms with van der Waals surface area (Å²) in [6, 6.07) is 5.32. The SMILES string of the molecule is C=CCOCC(NC(=O)CCn1c(=O)[nH]c(=O)c2ccccc21)C(=O)O. The Balaban J connectivity index is 2.08. The summed E-state index contributed by atoms with van der Waals surface area (Å²) in [5, 5.41) is 11.8. The quantitative estimate of drug-likeness (QED) is 0.421. The van der Waals surface area contributed by atoms with Crippen LogP contribution in [0.5, 0.6) is 0 Å². The second-order valence-corrected chi connectivity index (χ2v) is 5.46. The number of hydrogen-bond acceptors (Lipinski definition) is 5. The highest BCUT2D eigenvalue weighted by Crippen LogP contribution is 2.07. The molecule has 0 fully saturated rings. The van der Waals surface area contributed by atoms with Crippen molar-refractivity contribution in [3.05, 3.63) is 57.8 Å². The van der Waals surface area contributed by atoms with Gasteiger partial charge in [0.15, 0.2) is 6.04 Å². The molecule has 2 rings (SSSR count). The predicted octanol–water partition coefficient (Wildman–Crippen LogP) is -0.148. The first-order chi connectivity index (χ1) is 12.4. The maximum atomic E-state index is 12.0. The van der Waals surface area contributed by atoms with E-state index in [9.17, 15) is 19.2 Å². The van der Waals surface area contributed by atoms with Crippen molar-refractivity contribution in [1.82, 2.24) is 14.9 Å². The number of H-pyrrole nitrogens is 1. The third-order valence-corrected chi connectivity index (χ3v) is 3.62. The van der Waals surface area contributed by atoms with E-state index in [-0.39, 0.29) is 26.2 Å². The van der Waals surface area contributed by atoms with Crippen molar-refractivity contribution in [3.8, 4) is 0 Å². The molecule has 0 radical (unpaired) electrons. The molecule has 0 aliphatic carbocycles. The van der Waals surface area contributed by atoms with Gasteiger partial charge in [0.2, 0.25) is 5.91 Å². The Morgan fingerprint density at radius 1 is 1.35 bits per heavy atom. The monoisotopic (exact) mass is 361 g/mol. The Hall–Kier alpha value is -3.20. The van der Waals surface area contributed by atoms with Crippen molar-refractivity contribution in [2.24, 2.45) is 0 Å². The van der Waals surface area contributed by atoms with E-state index in [0.717, 1.165) is 0 Å². The summed E-state index contributed by atoms with van der Waals surface area (Å²) in [4.78, 5) is 49.2. The molecule has 1 aromatic carbocycles. The number of aliphatic carboxylic acids is 1. The minimum absolute atomic E-state index is 0.0121. The molecule has 26 heavy (non-hydrogen) atoms. The smallest absolute Gasteiger partial charge is 0.328 e. The summed E-state index contributed by atoms with van der Waals surface area (Å²) in [5.41, 5.74) is -0.736. The van der Waals surface area contributed by atoms with E-state index in [1.54, 1.807) is 24.3 Å². The van der Waals surface area contributed by atoms with E-state index in [1.165, 1.54) is 10.6 Å². The number of fused-ring (bicyclic) bond motifs is 1. The lowest BCUT2D eigenvalue weighted by molar-refractivity contribution is -0.143. The van der Waals surface area contributed by atoms with Crippen molar-refractivity contribution in [3.63, 3.8) is 0 Å². The van der Waals surface area contributed by atoms with Gasteiger partial charge >= 0.3 is 11.7 Å². The van der Waals surface area contributed by atoms with Gasteiger partial charge in [0.05, 0.1) is 24.1 Å². The van der Waals surface area contributed by atoms with Gasteiger partial charge in [0.1, 0.15) is 0 Å². The second-order valence-electron chi connectivity index (χ2n) is 5.46. The molecule has 1 unspecified atom stereocenters. The number of aryl methyl sites for hydroxylation is 1. The lowest BCUT2D eigenvalue weighted by Crippen LogP contribution is -2.44. The van der Waals surface area contributed by atoms with Crippen molar-refractivity contribution in [2.75, 3.05) is 13.2 Å². The maximum absolute atomic E-state index is 12.0. The van der Waals surface area contributed by atoms with E-state index in [1.807, 2.05) is 0 Å². The molecular formula is C17H19N3O6. The molecule has 1 heterocycles. The fourth-order valence-electron chi connectivity index (χ4n) is 2.39. The Kier molecular flexibility index (Phi) is 6.45. The normalized spacial score (nSPS) is 11.8. The average molecular weight is 361 g/mol. The number of nitrogens with one attached hydrogen (secondary N) is 2. The molecular weight excluding hydrogens is 342 g/mol. The van der Waals surface area contributed by atoms with E-state index in [2.05, 4.69) is 16.9 Å². The van der Waals surface area contributed by atoms with Gasteiger partial charge in [-0.2, -0.15) is 0 Å². The number of carboxylic acid groups (broad SMARTS) is 1. The molecule has 0 aliphatic heterocycles. The molecule has 0 spiro atoms. The number of para-hydroxylation sites is 1. The number of carbonyl (C=O) groups excluding carboxylic acids is 1. The number of ether oxygens (including phenoxy) is 1. The molecule has 2 aromatic rings. The number of benzene rings is 1.